The Kier molecular flexibility index (Phi) is 4.79. The van der Waals surface area contributed by atoms with E-state index in [2.05, 4.69) is 20.9 Å². The molecule has 1 aliphatic heterocycles. The van der Waals surface area contributed by atoms with Gasteiger partial charge in [-0.15, -0.1) is 0 Å². The lowest BCUT2D eigenvalue weighted by Crippen LogP contribution is -2.09. The average molecular weight is 436 g/mol. The fourth-order valence-corrected chi connectivity index (χ4v) is 3.37. The smallest absolute Gasteiger partial charge is 0.344 e. The van der Waals surface area contributed by atoms with Gasteiger partial charge in [-0.1, -0.05) is 18.2 Å². The SMILES string of the molecule is Cc1cc(OC(=O)c2ccccc2Br)cc2c1C(=O)/C(=C/c1ccccn1)O2. The number of aromatic nitrogens is 1. The molecule has 0 aliphatic carbocycles. The number of ether oxygens (including phenoxy) is 2. The number of carbonyl (C=O) groups is 2. The standard InChI is InChI=1S/C22H14BrNO4/c1-13-10-15(27-22(26)16-7-2-3-8-17(16)23)12-18-20(13)21(25)19(28-18)11-14-6-4-5-9-24-14/h2-12H,1H3/b19-11-. The molecule has 0 amide bonds. The van der Waals surface area contributed by atoms with Crippen LogP contribution in [0.3, 0.4) is 0 Å². The fourth-order valence-electron chi connectivity index (χ4n) is 2.92. The van der Waals surface area contributed by atoms with Gasteiger partial charge in [0.2, 0.25) is 5.78 Å². The van der Waals surface area contributed by atoms with E-state index < -0.39 is 5.97 Å². The Balaban J connectivity index is 1.63. The second-order valence-corrected chi connectivity index (χ2v) is 7.03. The molecular formula is C22H14BrNO4. The van der Waals surface area contributed by atoms with Gasteiger partial charge in [-0.3, -0.25) is 9.78 Å². The summed E-state index contributed by atoms with van der Waals surface area (Å²) in [6.07, 6.45) is 3.23. The highest BCUT2D eigenvalue weighted by atomic mass is 79.9. The van der Waals surface area contributed by atoms with E-state index in [-0.39, 0.29) is 11.5 Å². The van der Waals surface area contributed by atoms with Gasteiger partial charge in [-0.2, -0.15) is 0 Å². The van der Waals surface area contributed by atoms with E-state index in [0.29, 0.717) is 38.4 Å². The van der Waals surface area contributed by atoms with Gasteiger partial charge in [0.15, 0.2) is 5.76 Å². The number of pyridine rings is 1. The summed E-state index contributed by atoms with van der Waals surface area (Å²) in [5, 5.41) is 0. The molecule has 0 fully saturated rings. The Morgan fingerprint density at radius 1 is 1.14 bits per heavy atom. The highest BCUT2D eigenvalue weighted by Gasteiger charge is 2.30. The number of halogens is 1. The van der Waals surface area contributed by atoms with Crippen LogP contribution in [0.5, 0.6) is 11.5 Å². The molecule has 0 N–H and O–H groups in total. The van der Waals surface area contributed by atoms with Gasteiger partial charge in [-0.25, -0.2) is 4.79 Å². The van der Waals surface area contributed by atoms with E-state index in [4.69, 9.17) is 9.47 Å². The Labute approximate surface area is 169 Å². The predicted molar refractivity (Wildman–Crippen MR) is 107 cm³/mol. The van der Waals surface area contributed by atoms with Crippen LogP contribution >= 0.6 is 15.9 Å². The summed E-state index contributed by atoms with van der Waals surface area (Å²) in [7, 11) is 0. The maximum atomic E-state index is 12.7. The van der Waals surface area contributed by atoms with Crippen molar-refractivity contribution in [3.63, 3.8) is 0 Å². The summed E-state index contributed by atoms with van der Waals surface area (Å²) >= 11 is 3.34. The quantitative estimate of drug-likeness (QED) is 0.329. The minimum absolute atomic E-state index is 0.186. The van der Waals surface area contributed by atoms with Gasteiger partial charge in [-0.05, 0) is 58.7 Å². The molecule has 1 aliphatic rings. The second-order valence-electron chi connectivity index (χ2n) is 6.18. The van der Waals surface area contributed by atoms with E-state index in [9.17, 15) is 9.59 Å². The van der Waals surface area contributed by atoms with Gasteiger partial charge in [0.1, 0.15) is 11.5 Å². The zero-order valence-corrected chi connectivity index (χ0v) is 16.4. The summed E-state index contributed by atoms with van der Waals surface area (Å²) in [5.74, 6) is 0.138. The Morgan fingerprint density at radius 3 is 2.68 bits per heavy atom. The van der Waals surface area contributed by atoms with Crippen LogP contribution in [0.1, 0.15) is 32.0 Å². The summed E-state index contributed by atoms with van der Waals surface area (Å²) in [4.78, 5) is 29.3. The lowest BCUT2D eigenvalue weighted by molar-refractivity contribution is 0.0733. The van der Waals surface area contributed by atoms with E-state index in [1.165, 1.54) is 0 Å². The Morgan fingerprint density at radius 2 is 1.93 bits per heavy atom. The van der Waals surface area contributed by atoms with Gasteiger partial charge >= 0.3 is 5.97 Å². The second kappa shape index (κ2) is 7.40. The van der Waals surface area contributed by atoms with E-state index in [0.717, 1.165) is 0 Å². The fraction of sp³-hybridized carbons (Fsp3) is 0.0455. The number of carbonyl (C=O) groups excluding carboxylic acids is 2. The van der Waals surface area contributed by atoms with Crippen LogP contribution in [0.4, 0.5) is 0 Å². The molecule has 0 bridgehead atoms. The molecule has 0 saturated carbocycles. The number of aryl methyl sites for hydroxylation is 1. The molecule has 6 heteroatoms. The minimum Gasteiger partial charge on any atom is -0.452 e. The number of esters is 1. The molecule has 0 unspecified atom stereocenters. The number of Topliss-reactive ketones (excluding diaryl/α,β-unsaturated/α-hetero) is 1. The highest BCUT2D eigenvalue weighted by molar-refractivity contribution is 9.10. The van der Waals surface area contributed by atoms with E-state index >= 15 is 0 Å². The average Bonchev–Trinajstić information content (AvgIpc) is 2.98. The lowest BCUT2D eigenvalue weighted by atomic mass is 10.0. The Hall–Kier alpha value is -3.25. The van der Waals surface area contributed by atoms with Crippen LogP contribution in [-0.4, -0.2) is 16.7 Å². The minimum atomic E-state index is -0.500. The first-order chi connectivity index (χ1) is 13.5. The molecule has 138 valence electrons. The topological polar surface area (TPSA) is 65.5 Å². The molecule has 2 aromatic carbocycles. The first-order valence-corrected chi connectivity index (χ1v) is 9.29. The number of hydrogen-bond donors (Lipinski definition) is 0. The van der Waals surface area contributed by atoms with E-state index in [1.807, 2.05) is 12.1 Å². The third-order valence-corrected chi connectivity index (χ3v) is 4.91. The molecule has 0 saturated heterocycles. The van der Waals surface area contributed by atoms with Crippen molar-refractivity contribution in [3.05, 3.63) is 93.4 Å². The molecule has 0 atom stereocenters. The van der Waals surface area contributed by atoms with Gasteiger partial charge in [0.05, 0.1) is 16.8 Å². The zero-order valence-electron chi connectivity index (χ0n) is 14.8. The molecule has 1 aromatic heterocycles. The van der Waals surface area contributed by atoms with Crippen molar-refractivity contribution in [3.8, 4) is 11.5 Å². The summed E-state index contributed by atoms with van der Waals surface area (Å²) in [6, 6.07) is 15.6. The third-order valence-electron chi connectivity index (χ3n) is 4.21. The van der Waals surface area contributed by atoms with Crippen molar-refractivity contribution < 1.29 is 19.1 Å². The number of fused-ring (bicyclic) bond motifs is 1. The summed E-state index contributed by atoms with van der Waals surface area (Å²) < 4.78 is 11.9. The van der Waals surface area contributed by atoms with Crippen molar-refractivity contribution in [2.45, 2.75) is 6.92 Å². The van der Waals surface area contributed by atoms with Crippen LogP contribution in [0, 0.1) is 6.92 Å². The lowest BCUT2D eigenvalue weighted by Gasteiger charge is -2.08. The molecule has 3 aromatic rings. The highest BCUT2D eigenvalue weighted by Crippen LogP contribution is 2.37. The molecule has 28 heavy (non-hydrogen) atoms. The maximum absolute atomic E-state index is 12.7. The summed E-state index contributed by atoms with van der Waals surface area (Å²) in [5.41, 5.74) is 2.16. The van der Waals surface area contributed by atoms with Crippen LogP contribution in [-0.2, 0) is 0 Å². The normalized spacial score (nSPS) is 13.9. The van der Waals surface area contributed by atoms with Crippen LogP contribution in [0.15, 0.2) is 71.0 Å². The number of hydrogen-bond acceptors (Lipinski definition) is 5. The summed E-state index contributed by atoms with van der Waals surface area (Å²) in [6.45, 7) is 1.78. The maximum Gasteiger partial charge on any atom is 0.344 e. The number of nitrogens with zero attached hydrogens (tertiary/aromatic N) is 1. The van der Waals surface area contributed by atoms with Crippen molar-refractivity contribution in [1.29, 1.82) is 0 Å². The number of rotatable bonds is 3. The van der Waals surface area contributed by atoms with Crippen LogP contribution in [0.2, 0.25) is 0 Å². The largest absolute Gasteiger partial charge is 0.452 e. The molecule has 2 heterocycles. The van der Waals surface area contributed by atoms with Crippen LogP contribution in [0.25, 0.3) is 6.08 Å². The number of allylic oxidation sites excluding steroid dienone is 1. The molecule has 5 nitrogen and oxygen atoms in total. The monoisotopic (exact) mass is 435 g/mol. The predicted octanol–water partition coefficient (Wildman–Crippen LogP) is 4.99. The Bertz CT molecular complexity index is 1120. The zero-order chi connectivity index (χ0) is 19.7. The van der Waals surface area contributed by atoms with Gasteiger partial charge < -0.3 is 9.47 Å². The van der Waals surface area contributed by atoms with E-state index in [1.54, 1.807) is 61.7 Å². The molecule has 0 radical (unpaired) electrons. The molecule has 4 rings (SSSR count). The first kappa shape index (κ1) is 18.1. The van der Waals surface area contributed by atoms with Crippen molar-refractivity contribution >= 4 is 33.8 Å². The molecule has 0 spiro atoms. The number of benzene rings is 2. The van der Waals surface area contributed by atoms with Crippen molar-refractivity contribution in [2.75, 3.05) is 0 Å². The van der Waals surface area contributed by atoms with Gasteiger partial charge in [0, 0.05) is 22.8 Å². The van der Waals surface area contributed by atoms with Crippen molar-refractivity contribution in [1.82, 2.24) is 4.98 Å². The van der Waals surface area contributed by atoms with Crippen LogP contribution < -0.4 is 9.47 Å². The third kappa shape index (κ3) is 3.46. The molecular weight excluding hydrogens is 422 g/mol. The van der Waals surface area contributed by atoms with Gasteiger partial charge in [0.25, 0.3) is 0 Å². The number of ketones is 1. The first-order valence-electron chi connectivity index (χ1n) is 8.49. The van der Waals surface area contributed by atoms with Crippen molar-refractivity contribution in [2.24, 2.45) is 0 Å².